The summed E-state index contributed by atoms with van der Waals surface area (Å²) in [5.41, 5.74) is 0.140. The summed E-state index contributed by atoms with van der Waals surface area (Å²) in [6.07, 6.45) is 5.15. The highest BCUT2D eigenvalue weighted by Gasteiger charge is 2.40. The topological polar surface area (TPSA) is 49.9 Å². The van der Waals surface area contributed by atoms with Gasteiger partial charge in [0.05, 0.1) is 12.5 Å². The molecule has 2 aliphatic heterocycles. The molecule has 0 spiro atoms. The molecule has 0 bridgehead atoms. The standard InChI is InChI=1S/C23H33ClN2O3/c1-23(2,16-24)22(28)26-12-5-4-9-20(26)17-10-13-25(14-11-17)21(27)18-7-6-8-19(15-18)29-3/h6-8,15,17,20H,4-5,9-14,16H2,1-3H3. The van der Waals surface area contributed by atoms with Gasteiger partial charge >= 0.3 is 0 Å². The van der Waals surface area contributed by atoms with Gasteiger partial charge in [0.15, 0.2) is 0 Å². The first kappa shape index (κ1) is 21.9. The van der Waals surface area contributed by atoms with Crippen molar-refractivity contribution in [3.8, 4) is 5.75 Å². The minimum Gasteiger partial charge on any atom is -0.497 e. The number of nitrogens with zero attached hydrogens (tertiary/aromatic N) is 2. The van der Waals surface area contributed by atoms with Crippen LogP contribution in [0.1, 0.15) is 56.3 Å². The Morgan fingerprint density at radius 3 is 2.52 bits per heavy atom. The number of likely N-dealkylation sites (tertiary alicyclic amines) is 2. The molecule has 1 unspecified atom stereocenters. The van der Waals surface area contributed by atoms with Crippen molar-refractivity contribution in [2.45, 2.75) is 52.0 Å². The molecule has 5 nitrogen and oxygen atoms in total. The molecular formula is C23H33ClN2O3. The number of halogens is 1. The van der Waals surface area contributed by atoms with E-state index in [9.17, 15) is 9.59 Å². The number of hydrogen-bond donors (Lipinski definition) is 0. The molecule has 6 heteroatoms. The third-order valence-electron chi connectivity index (χ3n) is 6.41. The third-order valence-corrected chi connectivity index (χ3v) is 7.08. The molecule has 2 saturated heterocycles. The zero-order chi connectivity index (χ0) is 21.0. The van der Waals surface area contributed by atoms with Crippen LogP contribution in [0.5, 0.6) is 5.75 Å². The Kier molecular flexibility index (Phi) is 7.10. The first-order valence-electron chi connectivity index (χ1n) is 10.7. The minimum atomic E-state index is -0.528. The van der Waals surface area contributed by atoms with E-state index in [1.807, 2.05) is 36.9 Å². The van der Waals surface area contributed by atoms with Crippen LogP contribution in [0.15, 0.2) is 24.3 Å². The monoisotopic (exact) mass is 420 g/mol. The number of piperidine rings is 2. The van der Waals surface area contributed by atoms with Gasteiger partial charge in [-0.25, -0.2) is 0 Å². The van der Waals surface area contributed by atoms with Crippen LogP contribution in [-0.4, -0.2) is 60.3 Å². The SMILES string of the molecule is COc1cccc(C(=O)N2CCC(C3CCCCN3C(=O)C(C)(C)CCl)CC2)c1. The van der Waals surface area contributed by atoms with Gasteiger partial charge in [-0.05, 0) is 70.1 Å². The fourth-order valence-corrected chi connectivity index (χ4v) is 4.69. The molecule has 1 aromatic carbocycles. The van der Waals surface area contributed by atoms with E-state index in [1.165, 1.54) is 6.42 Å². The Morgan fingerprint density at radius 1 is 1.14 bits per heavy atom. The number of methoxy groups -OCH3 is 1. The van der Waals surface area contributed by atoms with Crippen LogP contribution in [0.4, 0.5) is 0 Å². The maximum Gasteiger partial charge on any atom is 0.253 e. The maximum absolute atomic E-state index is 13.1. The molecule has 1 aromatic rings. The van der Waals surface area contributed by atoms with Crippen molar-refractivity contribution < 1.29 is 14.3 Å². The Morgan fingerprint density at radius 2 is 1.86 bits per heavy atom. The molecule has 2 heterocycles. The number of carbonyl (C=O) groups is 2. The number of amides is 2. The molecule has 0 N–H and O–H groups in total. The van der Waals surface area contributed by atoms with Crippen molar-refractivity contribution >= 4 is 23.4 Å². The summed E-state index contributed by atoms with van der Waals surface area (Å²) in [4.78, 5) is 30.0. The van der Waals surface area contributed by atoms with Crippen LogP contribution in [0.2, 0.25) is 0 Å². The molecule has 0 radical (unpaired) electrons. The van der Waals surface area contributed by atoms with Crippen LogP contribution < -0.4 is 4.74 Å². The third kappa shape index (κ3) is 4.88. The van der Waals surface area contributed by atoms with E-state index in [2.05, 4.69) is 4.90 Å². The number of rotatable bonds is 5. The van der Waals surface area contributed by atoms with Crippen LogP contribution >= 0.6 is 11.6 Å². The summed E-state index contributed by atoms with van der Waals surface area (Å²) in [7, 11) is 1.61. The highest BCUT2D eigenvalue weighted by Crippen LogP contribution is 2.34. The molecule has 2 fully saturated rings. The summed E-state index contributed by atoms with van der Waals surface area (Å²) in [5, 5.41) is 0. The van der Waals surface area contributed by atoms with Gasteiger partial charge in [0.1, 0.15) is 5.75 Å². The lowest BCUT2D eigenvalue weighted by molar-refractivity contribution is -0.145. The smallest absolute Gasteiger partial charge is 0.253 e. The van der Waals surface area contributed by atoms with Gasteiger partial charge < -0.3 is 14.5 Å². The number of benzene rings is 1. The fourth-order valence-electron chi connectivity index (χ4n) is 4.57. The van der Waals surface area contributed by atoms with Crippen LogP contribution in [-0.2, 0) is 4.79 Å². The van der Waals surface area contributed by atoms with Gasteiger partial charge in [-0.2, -0.15) is 0 Å². The summed E-state index contributed by atoms with van der Waals surface area (Å²) in [5.74, 6) is 1.71. The predicted molar refractivity (Wildman–Crippen MR) is 115 cm³/mol. The van der Waals surface area contributed by atoms with E-state index < -0.39 is 5.41 Å². The molecule has 3 rings (SSSR count). The number of hydrogen-bond acceptors (Lipinski definition) is 3. The van der Waals surface area contributed by atoms with E-state index in [0.717, 1.165) is 45.3 Å². The highest BCUT2D eigenvalue weighted by molar-refractivity contribution is 6.19. The molecule has 0 saturated carbocycles. The minimum absolute atomic E-state index is 0.0576. The summed E-state index contributed by atoms with van der Waals surface area (Å²) in [6, 6.07) is 7.60. The van der Waals surface area contributed by atoms with Crippen molar-refractivity contribution in [3.63, 3.8) is 0 Å². The first-order chi connectivity index (χ1) is 13.9. The van der Waals surface area contributed by atoms with Crippen molar-refractivity contribution in [1.82, 2.24) is 9.80 Å². The normalized spacial score (nSPS) is 21.2. The van der Waals surface area contributed by atoms with Crippen molar-refractivity contribution in [3.05, 3.63) is 29.8 Å². The highest BCUT2D eigenvalue weighted by atomic mass is 35.5. The molecular weight excluding hydrogens is 388 g/mol. The van der Waals surface area contributed by atoms with Crippen molar-refractivity contribution in [1.29, 1.82) is 0 Å². The summed E-state index contributed by atoms with van der Waals surface area (Å²) >= 11 is 6.07. The fraction of sp³-hybridized carbons (Fsp3) is 0.652. The van der Waals surface area contributed by atoms with E-state index in [1.54, 1.807) is 13.2 Å². The van der Waals surface area contributed by atoms with E-state index >= 15 is 0 Å². The van der Waals surface area contributed by atoms with E-state index in [-0.39, 0.29) is 17.9 Å². The van der Waals surface area contributed by atoms with Gasteiger partial charge in [0.25, 0.3) is 5.91 Å². The van der Waals surface area contributed by atoms with Gasteiger partial charge in [-0.3, -0.25) is 9.59 Å². The van der Waals surface area contributed by atoms with Gasteiger partial charge in [-0.1, -0.05) is 6.07 Å². The molecule has 1 atom stereocenters. The molecule has 2 aliphatic rings. The quantitative estimate of drug-likeness (QED) is 0.671. The second-order valence-electron chi connectivity index (χ2n) is 8.94. The second kappa shape index (κ2) is 9.38. The average Bonchev–Trinajstić information content (AvgIpc) is 2.78. The van der Waals surface area contributed by atoms with Crippen molar-refractivity contribution in [2.24, 2.45) is 11.3 Å². The van der Waals surface area contributed by atoms with Crippen LogP contribution in [0.3, 0.4) is 0 Å². The Hall–Kier alpha value is -1.75. The lowest BCUT2D eigenvalue weighted by atomic mass is 9.81. The van der Waals surface area contributed by atoms with E-state index in [4.69, 9.17) is 16.3 Å². The Labute approximate surface area is 179 Å². The summed E-state index contributed by atoms with van der Waals surface area (Å²) in [6.45, 7) is 6.16. The van der Waals surface area contributed by atoms with Gasteiger partial charge in [0.2, 0.25) is 5.91 Å². The molecule has 0 aromatic heterocycles. The number of alkyl halides is 1. The maximum atomic E-state index is 13.1. The zero-order valence-electron chi connectivity index (χ0n) is 17.8. The zero-order valence-corrected chi connectivity index (χ0v) is 18.6. The Balaban J connectivity index is 1.64. The lowest BCUT2D eigenvalue weighted by Crippen LogP contribution is -2.54. The molecule has 2 amide bonds. The summed E-state index contributed by atoms with van der Waals surface area (Å²) < 4.78 is 5.24. The van der Waals surface area contributed by atoms with Gasteiger partial charge in [-0.15, -0.1) is 11.6 Å². The molecule has 0 aliphatic carbocycles. The van der Waals surface area contributed by atoms with E-state index in [0.29, 0.717) is 23.1 Å². The molecule has 29 heavy (non-hydrogen) atoms. The molecule has 160 valence electrons. The predicted octanol–water partition coefficient (Wildman–Crippen LogP) is 4.19. The van der Waals surface area contributed by atoms with Crippen LogP contribution in [0.25, 0.3) is 0 Å². The second-order valence-corrected chi connectivity index (χ2v) is 9.21. The number of carbonyl (C=O) groups excluding carboxylic acids is 2. The lowest BCUT2D eigenvalue weighted by Gasteiger charge is -2.45. The average molecular weight is 421 g/mol. The Bertz CT molecular complexity index is 729. The van der Waals surface area contributed by atoms with Crippen molar-refractivity contribution in [2.75, 3.05) is 32.6 Å². The van der Waals surface area contributed by atoms with Crippen LogP contribution in [0, 0.1) is 11.3 Å². The number of ether oxygens (including phenoxy) is 1. The largest absolute Gasteiger partial charge is 0.497 e. The first-order valence-corrected chi connectivity index (χ1v) is 11.2. The van der Waals surface area contributed by atoms with Gasteiger partial charge in [0, 0.05) is 37.1 Å².